The molecule has 2 aromatic rings. The molecule has 0 aliphatic rings. The molecule has 1 aromatic heterocycles. The van der Waals surface area contributed by atoms with E-state index in [1.54, 1.807) is 6.20 Å². The Hall–Kier alpha value is -0.440. The van der Waals surface area contributed by atoms with Crippen molar-refractivity contribution in [3.8, 4) is 0 Å². The van der Waals surface area contributed by atoms with Crippen molar-refractivity contribution in [2.75, 3.05) is 0 Å². The lowest BCUT2D eigenvalue weighted by molar-refractivity contribution is 1.12. The third-order valence-corrected chi connectivity index (χ3v) is 1.76. The van der Waals surface area contributed by atoms with Gasteiger partial charge in [0.25, 0.3) is 0 Å². The summed E-state index contributed by atoms with van der Waals surface area (Å²) in [4.78, 5) is 0. The highest BCUT2D eigenvalue weighted by atomic mass is 35.5. The Bertz CT molecular complexity index is 358. The molecule has 0 atom stereocenters. The number of aromatic nitrogens is 2. The van der Waals surface area contributed by atoms with Crippen LogP contribution >= 0.6 is 36.4 Å². The molecule has 2 rings (SSSR count). The van der Waals surface area contributed by atoms with Crippen molar-refractivity contribution in [1.29, 1.82) is 0 Å². The maximum absolute atomic E-state index is 5.84. The Kier molecular flexibility index (Phi) is 4.39. The topological polar surface area (TPSA) is 28.7 Å². The van der Waals surface area contributed by atoms with Gasteiger partial charge >= 0.3 is 0 Å². The number of benzene rings is 1. The molecule has 0 fully saturated rings. The summed E-state index contributed by atoms with van der Waals surface area (Å²) in [6.07, 6.45) is 1.72. The van der Waals surface area contributed by atoms with Gasteiger partial charge in [-0.3, -0.25) is 5.10 Å². The van der Waals surface area contributed by atoms with Crippen LogP contribution in [0.2, 0.25) is 5.02 Å². The van der Waals surface area contributed by atoms with E-state index in [4.69, 9.17) is 11.6 Å². The molecule has 0 radical (unpaired) electrons. The fraction of sp³-hybridized carbons (Fsp3) is 0. The average Bonchev–Trinajstić information content (AvgIpc) is 2.36. The maximum Gasteiger partial charge on any atom is 0.0665 e. The second-order valence-corrected chi connectivity index (χ2v) is 2.48. The largest absolute Gasteiger partial charge is 0.278 e. The lowest BCUT2D eigenvalue weighted by Crippen LogP contribution is -1.66. The SMILES string of the molecule is Cl.Cl.Clc1cccc2[nH]ncc12. The van der Waals surface area contributed by atoms with Crippen molar-refractivity contribution in [3.63, 3.8) is 0 Å². The van der Waals surface area contributed by atoms with E-state index < -0.39 is 0 Å². The van der Waals surface area contributed by atoms with E-state index in [1.165, 1.54) is 0 Å². The molecule has 2 nitrogen and oxygen atoms in total. The number of halogens is 3. The molecule has 0 spiro atoms. The normalized spacial score (nSPS) is 8.75. The van der Waals surface area contributed by atoms with Gasteiger partial charge in [0, 0.05) is 5.39 Å². The highest BCUT2D eigenvalue weighted by Crippen LogP contribution is 2.19. The van der Waals surface area contributed by atoms with Crippen LogP contribution < -0.4 is 0 Å². The number of hydrogen-bond acceptors (Lipinski definition) is 1. The average molecular weight is 226 g/mol. The molecule has 0 aliphatic carbocycles. The van der Waals surface area contributed by atoms with Gasteiger partial charge in [-0.1, -0.05) is 17.7 Å². The summed E-state index contributed by atoms with van der Waals surface area (Å²) in [5.74, 6) is 0. The van der Waals surface area contributed by atoms with Gasteiger partial charge in [-0.2, -0.15) is 5.10 Å². The number of aromatic amines is 1. The van der Waals surface area contributed by atoms with Gasteiger partial charge in [-0.05, 0) is 12.1 Å². The Labute approximate surface area is 87.1 Å². The first kappa shape index (κ1) is 11.6. The Balaban J connectivity index is 0.000000605. The minimum atomic E-state index is 0. The Morgan fingerprint density at radius 3 is 2.67 bits per heavy atom. The number of rotatable bonds is 0. The first-order chi connectivity index (χ1) is 4.88. The van der Waals surface area contributed by atoms with Crippen molar-refractivity contribution in [2.45, 2.75) is 0 Å². The minimum absolute atomic E-state index is 0. The summed E-state index contributed by atoms with van der Waals surface area (Å²) >= 11 is 5.84. The summed E-state index contributed by atoms with van der Waals surface area (Å²) in [5, 5.41) is 8.40. The molecule has 0 aliphatic heterocycles. The van der Waals surface area contributed by atoms with Crippen molar-refractivity contribution >= 4 is 47.3 Å². The Morgan fingerprint density at radius 1 is 1.25 bits per heavy atom. The van der Waals surface area contributed by atoms with Gasteiger partial charge in [0.05, 0.1) is 16.7 Å². The molecule has 66 valence electrons. The fourth-order valence-electron chi connectivity index (χ4n) is 0.932. The standard InChI is InChI=1S/C7H5ClN2.2ClH/c8-6-2-1-3-7-5(6)4-9-10-7;;/h1-4H,(H,9,10);2*1H. The number of nitrogens with one attached hydrogen (secondary N) is 1. The molecule has 0 saturated heterocycles. The van der Waals surface area contributed by atoms with Gasteiger partial charge in [0.2, 0.25) is 0 Å². The quantitative estimate of drug-likeness (QED) is 0.733. The van der Waals surface area contributed by atoms with Crippen LogP contribution in [0, 0.1) is 0 Å². The van der Waals surface area contributed by atoms with E-state index >= 15 is 0 Å². The van der Waals surface area contributed by atoms with E-state index in [2.05, 4.69) is 10.2 Å². The van der Waals surface area contributed by atoms with Crippen LogP contribution in [0.15, 0.2) is 24.4 Å². The zero-order chi connectivity index (χ0) is 6.97. The monoisotopic (exact) mass is 224 g/mol. The van der Waals surface area contributed by atoms with Crippen molar-refractivity contribution in [1.82, 2.24) is 10.2 Å². The van der Waals surface area contributed by atoms with Gasteiger partial charge in [-0.15, -0.1) is 24.8 Å². The molecule has 0 saturated carbocycles. The van der Waals surface area contributed by atoms with E-state index in [-0.39, 0.29) is 24.8 Å². The molecule has 5 heteroatoms. The van der Waals surface area contributed by atoms with E-state index in [0.717, 1.165) is 15.9 Å². The van der Waals surface area contributed by atoms with E-state index in [1.807, 2.05) is 18.2 Å². The molecule has 1 N–H and O–H groups in total. The van der Waals surface area contributed by atoms with Crippen LogP contribution in [0.1, 0.15) is 0 Å². The van der Waals surface area contributed by atoms with Gasteiger partial charge in [0.1, 0.15) is 0 Å². The summed E-state index contributed by atoms with van der Waals surface area (Å²) in [6, 6.07) is 5.68. The van der Waals surface area contributed by atoms with Gasteiger partial charge < -0.3 is 0 Å². The molecular weight excluding hydrogens is 218 g/mol. The minimum Gasteiger partial charge on any atom is -0.278 e. The summed E-state index contributed by atoms with van der Waals surface area (Å²) in [6.45, 7) is 0. The van der Waals surface area contributed by atoms with Gasteiger partial charge in [0.15, 0.2) is 0 Å². The molecule has 1 aromatic carbocycles. The summed E-state index contributed by atoms with van der Waals surface area (Å²) < 4.78 is 0. The molecular formula is C7H7Cl3N2. The lowest BCUT2D eigenvalue weighted by Gasteiger charge is -1.88. The third kappa shape index (κ3) is 1.83. The zero-order valence-electron chi connectivity index (χ0n) is 5.95. The van der Waals surface area contributed by atoms with E-state index in [0.29, 0.717) is 0 Å². The predicted octanol–water partition coefficient (Wildman–Crippen LogP) is 3.06. The number of nitrogens with zero attached hydrogens (tertiary/aromatic N) is 1. The first-order valence-electron chi connectivity index (χ1n) is 2.95. The van der Waals surface area contributed by atoms with Crippen LogP contribution in [0.5, 0.6) is 0 Å². The maximum atomic E-state index is 5.84. The van der Waals surface area contributed by atoms with Crippen molar-refractivity contribution in [2.24, 2.45) is 0 Å². The lowest BCUT2D eigenvalue weighted by atomic mass is 10.3. The summed E-state index contributed by atoms with van der Waals surface area (Å²) in [7, 11) is 0. The molecule has 0 amide bonds. The number of fused-ring (bicyclic) bond motifs is 1. The molecule has 0 bridgehead atoms. The first-order valence-corrected chi connectivity index (χ1v) is 3.33. The van der Waals surface area contributed by atoms with Crippen molar-refractivity contribution < 1.29 is 0 Å². The van der Waals surface area contributed by atoms with Crippen LogP contribution in [0.3, 0.4) is 0 Å². The third-order valence-electron chi connectivity index (χ3n) is 1.43. The van der Waals surface area contributed by atoms with Crippen LogP contribution in [0.4, 0.5) is 0 Å². The molecule has 1 heterocycles. The highest BCUT2D eigenvalue weighted by molar-refractivity contribution is 6.35. The second-order valence-electron chi connectivity index (χ2n) is 2.07. The second kappa shape index (κ2) is 4.55. The summed E-state index contributed by atoms with van der Waals surface area (Å²) in [5.41, 5.74) is 0.979. The molecule has 0 unspecified atom stereocenters. The van der Waals surface area contributed by atoms with Crippen molar-refractivity contribution in [3.05, 3.63) is 29.4 Å². The van der Waals surface area contributed by atoms with Crippen LogP contribution in [-0.2, 0) is 0 Å². The smallest absolute Gasteiger partial charge is 0.0665 e. The fourth-order valence-corrected chi connectivity index (χ4v) is 1.16. The number of H-pyrrole nitrogens is 1. The van der Waals surface area contributed by atoms with E-state index in [9.17, 15) is 0 Å². The number of hydrogen-bond donors (Lipinski definition) is 1. The zero-order valence-corrected chi connectivity index (χ0v) is 8.34. The molecule has 12 heavy (non-hydrogen) atoms. The van der Waals surface area contributed by atoms with Crippen LogP contribution in [-0.4, -0.2) is 10.2 Å². The highest BCUT2D eigenvalue weighted by Gasteiger charge is 1.96. The van der Waals surface area contributed by atoms with Crippen LogP contribution in [0.25, 0.3) is 10.9 Å². The Morgan fingerprint density at radius 2 is 2.00 bits per heavy atom. The van der Waals surface area contributed by atoms with Gasteiger partial charge in [-0.25, -0.2) is 0 Å². The predicted molar refractivity (Wildman–Crippen MR) is 55.6 cm³/mol.